The Morgan fingerprint density at radius 3 is 2.95 bits per heavy atom. The molecular formula is C13H10N4O3S. The predicted octanol–water partition coefficient (Wildman–Crippen LogP) is 2.28. The van der Waals surface area contributed by atoms with E-state index in [-0.39, 0.29) is 16.5 Å². The summed E-state index contributed by atoms with van der Waals surface area (Å²) in [6, 6.07) is 5.07. The second-order valence-electron chi connectivity index (χ2n) is 4.40. The fourth-order valence-corrected chi connectivity index (χ4v) is 2.75. The fraction of sp³-hybridized carbons (Fsp3) is 0.0769. The summed E-state index contributed by atoms with van der Waals surface area (Å²) < 4.78 is 3.96. The van der Waals surface area contributed by atoms with E-state index in [9.17, 15) is 9.59 Å². The maximum absolute atomic E-state index is 12.2. The quantitative estimate of drug-likeness (QED) is 0.688. The van der Waals surface area contributed by atoms with Gasteiger partial charge in [-0.05, 0) is 36.7 Å². The van der Waals surface area contributed by atoms with Gasteiger partial charge in [-0.25, -0.2) is 4.79 Å². The first-order chi connectivity index (χ1) is 10.1. The standard InChI is InChI=1S/C13H10N4O3S/c1-6-10(13(19)20)12(21-17-6)15-11(18)7-2-3-9-8(4-7)5-14-16-9/h2-5H,1H3,(H,14,16)(H,15,18)(H,19,20). The van der Waals surface area contributed by atoms with Crippen molar-refractivity contribution in [3.05, 3.63) is 41.2 Å². The summed E-state index contributed by atoms with van der Waals surface area (Å²) >= 11 is 0.951. The predicted molar refractivity (Wildman–Crippen MR) is 77.9 cm³/mol. The van der Waals surface area contributed by atoms with Crippen LogP contribution in [0.25, 0.3) is 10.9 Å². The van der Waals surface area contributed by atoms with Gasteiger partial charge in [0.15, 0.2) is 0 Å². The summed E-state index contributed by atoms with van der Waals surface area (Å²) in [6.45, 7) is 1.59. The number of nitrogens with zero attached hydrogens (tertiary/aromatic N) is 2. The summed E-state index contributed by atoms with van der Waals surface area (Å²) in [5, 5.41) is 19.4. The average molecular weight is 302 g/mol. The molecule has 0 saturated carbocycles. The largest absolute Gasteiger partial charge is 0.478 e. The number of carbonyl (C=O) groups is 2. The molecule has 3 N–H and O–H groups in total. The van der Waals surface area contributed by atoms with E-state index in [0.29, 0.717) is 11.3 Å². The molecule has 106 valence electrons. The van der Waals surface area contributed by atoms with Crippen LogP contribution in [0.15, 0.2) is 24.4 Å². The van der Waals surface area contributed by atoms with Crippen molar-refractivity contribution in [1.29, 1.82) is 0 Å². The van der Waals surface area contributed by atoms with Crippen LogP contribution in [0.5, 0.6) is 0 Å². The van der Waals surface area contributed by atoms with Crippen LogP contribution in [0.1, 0.15) is 26.4 Å². The molecule has 0 spiro atoms. The van der Waals surface area contributed by atoms with Crippen LogP contribution in [0, 0.1) is 6.92 Å². The molecule has 8 heteroatoms. The number of aromatic amines is 1. The average Bonchev–Trinajstić information content (AvgIpc) is 3.04. The molecule has 0 bridgehead atoms. The molecule has 0 aliphatic rings. The molecule has 3 aromatic rings. The van der Waals surface area contributed by atoms with Crippen molar-refractivity contribution in [1.82, 2.24) is 14.6 Å². The third-order valence-electron chi connectivity index (χ3n) is 3.01. The number of aromatic nitrogens is 3. The van der Waals surface area contributed by atoms with E-state index in [0.717, 1.165) is 22.4 Å². The van der Waals surface area contributed by atoms with Crippen molar-refractivity contribution in [2.75, 3.05) is 5.32 Å². The highest BCUT2D eigenvalue weighted by molar-refractivity contribution is 7.11. The first-order valence-corrected chi connectivity index (χ1v) is 6.77. The second-order valence-corrected chi connectivity index (χ2v) is 5.18. The van der Waals surface area contributed by atoms with Gasteiger partial charge in [-0.15, -0.1) is 0 Å². The molecule has 2 aromatic heterocycles. The molecule has 1 amide bonds. The normalized spacial score (nSPS) is 10.7. The number of hydrogen-bond acceptors (Lipinski definition) is 5. The van der Waals surface area contributed by atoms with Gasteiger partial charge in [-0.1, -0.05) is 0 Å². The van der Waals surface area contributed by atoms with Crippen molar-refractivity contribution >= 4 is 39.3 Å². The highest BCUT2D eigenvalue weighted by atomic mass is 32.1. The molecule has 0 aliphatic heterocycles. The van der Waals surface area contributed by atoms with Crippen molar-refractivity contribution < 1.29 is 14.7 Å². The van der Waals surface area contributed by atoms with Crippen LogP contribution in [-0.4, -0.2) is 31.6 Å². The van der Waals surface area contributed by atoms with Gasteiger partial charge in [0.2, 0.25) is 0 Å². The van der Waals surface area contributed by atoms with E-state index in [1.807, 2.05) is 0 Å². The van der Waals surface area contributed by atoms with Crippen molar-refractivity contribution in [3.63, 3.8) is 0 Å². The minimum atomic E-state index is -1.11. The Bertz CT molecular complexity index is 852. The maximum atomic E-state index is 12.2. The first-order valence-electron chi connectivity index (χ1n) is 6.00. The lowest BCUT2D eigenvalue weighted by atomic mass is 10.1. The van der Waals surface area contributed by atoms with Gasteiger partial charge in [0, 0.05) is 10.9 Å². The second kappa shape index (κ2) is 4.98. The number of anilines is 1. The number of aromatic carboxylic acids is 1. The first kappa shape index (κ1) is 13.3. The lowest BCUT2D eigenvalue weighted by molar-refractivity contribution is 0.0697. The highest BCUT2D eigenvalue weighted by Gasteiger charge is 2.19. The summed E-state index contributed by atoms with van der Waals surface area (Å²) in [5.74, 6) is -1.49. The Hall–Kier alpha value is -2.74. The van der Waals surface area contributed by atoms with Gasteiger partial charge < -0.3 is 10.4 Å². The van der Waals surface area contributed by atoms with Crippen LogP contribution in [-0.2, 0) is 0 Å². The molecule has 0 unspecified atom stereocenters. The number of nitrogens with one attached hydrogen (secondary N) is 2. The molecule has 2 heterocycles. The zero-order valence-electron chi connectivity index (χ0n) is 10.9. The molecule has 0 fully saturated rings. The highest BCUT2D eigenvalue weighted by Crippen LogP contribution is 2.25. The van der Waals surface area contributed by atoms with E-state index in [1.165, 1.54) is 0 Å². The summed E-state index contributed by atoms with van der Waals surface area (Å²) in [5.41, 5.74) is 1.66. The van der Waals surface area contributed by atoms with Gasteiger partial charge >= 0.3 is 5.97 Å². The Kier molecular flexibility index (Phi) is 3.15. The monoisotopic (exact) mass is 302 g/mol. The SMILES string of the molecule is Cc1nsc(NC(=O)c2ccc3[nH]ncc3c2)c1C(=O)O. The molecule has 1 aromatic carbocycles. The number of fused-ring (bicyclic) bond motifs is 1. The summed E-state index contributed by atoms with van der Waals surface area (Å²) in [6.07, 6.45) is 1.62. The van der Waals surface area contributed by atoms with E-state index in [1.54, 1.807) is 31.3 Å². The number of hydrogen-bond donors (Lipinski definition) is 3. The van der Waals surface area contributed by atoms with Gasteiger partial charge in [0.05, 0.1) is 17.4 Å². The van der Waals surface area contributed by atoms with Crippen LogP contribution in [0.4, 0.5) is 5.00 Å². The third-order valence-corrected chi connectivity index (χ3v) is 3.86. The summed E-state index contributed by atoms with van der Waals surface area (Å²) in [7, 11) is 0. The lowest BCUT2D eigenvalue weighted by Crippen LogP contribution is -2.13. The Balaban J connectivity index is 1.91. The van der Waals surface area contributed by atoms with Crippen molar-refractivity contribution in [3.8, 4) is 0 Å². The number of amides is 1. The van der Waals surface area contributed by atoms with Crippen molar-refractivity contribution in [2.24, 2.45) is 0 Å². The fourth-order valence-electron chi connectivity index (χ4n) is 1.97. The van der Waals surface area contributed by atoms with Crippen LogP contribution in [0.3, 0.4) is 0 Å². The van der Waals surface area contributed by atoms with Crippen LogP contribution >= 0.6 is 11.5 Å². The minimum Gasteiger partial charge on any atom is -0.478 e. The number of benzene rings is 1. The van der Waals surface area contributed by atoms with E-state index in [2.05, 4.69) is 19.9 Å². The molecule has 7 nitrogen and oxygen atoms in total. The number of carbonyl (C=O) groups excluding carboxylic acids is 1. The maximum Gasteiger partial charge on any atom is 0.340 e. The lowest BCUT2D eigenvalue weighted by Gasteiger charge is -2.04. The number of carboxylic acids is 1. The van der Waals surface area contributed by atoms with Crippen LogP contribution < -0.4 is 5.32 Å². The summed E-state index contributed by atoms with van der Waals surface area (Å²) in [4.78, 5) is 23.4. The molecule has 0 aliphatic carbocycles. The van der Waals surface area contributed by atoms with E-state index in [4.69, 9.17) is 5.11 Å². The molecule has 0 saturated heterocycles. The van der Waals surface area contributed by atoms with E-state index < -0.39 is 5.97 Å². The molecular weight excluding hydrogens is 292 g/mol. The van der Waals surface area contributed by atoms with Gasteiger partial charge in [-0.3, -0.25) is 9.89 Å². The Morgan fingerprint density at radius 2 is 2.19 bits per heavy atom. The van der Waals surface area contributed by atoms with Gasteiger partial charge in [0.1, 0.15) is 10.6 Å². The number of carboxylic acid groups (broad SMARTS) is 1. The zero-order valence-corrected chi connectivity index (χ0v) is 11.7. The van der Waals surface area contributed by atoms with Crippen LogP contribution in [0.2, 0.25) is 0 Å². The number of H-pyrrole nitrogens is 1. The zero-order chi connectivity index (χ0) is 15.0. The van der Waals surface area contributed by atoms with Gasteiger partial charge in [0.25, 0.3) is 5.91 Å². The smallest absolute Gasteiger partial charge is 0.340 e. The van der Waals surface area contributed by atoms with Crippen molar-refractivity contribution in [2.45, 2.75) is 6.92 Å². The Labute approximate surface area is 122 Å². The number of rotatable bonds is 3. The molecule has 0 atom stereocenters. The molecule has 21 heavy (non-hydrogen) atoms. The van der Waals surface area contributed by atoms with Gasteiger partial charge in [-0.2, -0.15) is 9.47 Å². The molecule has 0 radical (unpaired) electrons. The topological polar surface area (TPSA) is 108 Å². The molecule has 3 rings (SSSR count). The van der Waals surface area contributed by atoms with E-state index >= 15 is 0 Å². The Morgan fingerprint density at radius 1 is 1.38 bits per heavy atom. The number of aryl methyl sites for hydroxylation is 1. The third kappa shape index (κ3) is 2.36. The minimum absolute atomic E-state index is 0.0257.